The van der Waals surface area contributed by atoms with Gasteiger partial charge in [-0.25, -0.2) is 8.78 Å². The molecule has 37 heavy (non-hydrogen) atoms. The van der Waals surface area contributed by atoms with E-state index in [2.05, 4.69) is 31.9 Å². The molecule has 0 saturated heterocycles. The molecule has 7 nitrogen and oxygen atoms in total. The maximum Gasteiger partial charge on any atom is 0.159 e. The van der Waals surface area contributed by atoms with E-state index in [1.165, 1.54) is 36.5 Å². The van der Waals surface area contributed by atoms with E-state index >= 15 is 0 Å². The lowest BCUT2D eigenvalue weighted by atomic mass is 10.0. The first-order chi connectivity index (χ1) is 17.8. The number of halogens is 4. The van der Waals surface area contributed by atoms with E-state index in [0.29, 0.717) is 38.8 Å². The standard InChI is InChI=1S/C26H17Cl2F2N7/c1-37-13-33-36-26(37)24(14-2-4-17(29)5-3-14)35-22-9-16(27)8-19-23(15(11-31)12-32-25(19)22)34-18-6-7-21(30)20(28)10-18/h2-10,12-13,24,35H,1H3,(H,32,34). The predicted octanol–water partition coefficient (Wildman–Crippen LogP) is 6.77. The largest absolute Gasteiger partial charge is 0.370 e. The Morgan fingerprint density at radius 3 is 2.51 bits per heavy atom. The van der Waals surface area contributed by atoms with Crippen LogP contribution in [0.3, 0.4) is 0 Å². The fourth-order valence-electron chi connectivity index (χ4n) is 3.98. The molecule has 3 aromatic carbocycles. The highest BCUT2D eigenvalue weighted by Crippen LogP contribution is 2.37. The molecule has 2 aromatic heterocycles. The predicted molar refractivity (Wildman–Crippen MR) is 139 cm³/mol. The third-order valence-electron chi connectivity index (χ3n) is 5.75. The number of hydrogen-bond acceptors (Lipinski definition) is 6. The van der Waals surface area contributed by atoms with Gasteiger partial charge in [0.15, 0.2) is 5.82 Å². The smallest absolute Gasteiger partial charge is 0.159 e. The van der Waals surface area contributed by atoms with Crippen LogP contribution in [0.1, 0.15) is 23.0 Å². The van der Waals surface area contributed by atoms with Crippen LogP contribution in [0.2, 0.25) is 10.0 Å². The number of anilines is 3. The minimum atomic E-state index is -0.558. The molecule has 11 heteroatoms. The van der Waals surface area contributed by atoms with E-state index in [0.717, 1.165) is 5.56 Å². The van der Waals surface area contributed by atoms with Gasteiger partial charge >= 0.3 is 0 Å². The Labute approximate surface area is 220 Å². The first kappa shape index (κ1) is 24.4. The zero-order chi connectivity index (χ0) is 26.1. The molecule has 0 radical (unpaired) electrons. The molecule has 0 fully saturated rings. The lowest BCUT2D eigenvalue weighted by molar-refractivity contribution is 0.626. The molecule has 0 aliphatic heterocycles. The van der Waals surface area contributed by atoms with Gasteiger partial charge in [-0.1, -0.05) is 35.3 Å². The molecule has 2 heterocycles. The number of nitrogens with zero attached hydrogens (tertiary/aromatic N) is 5. The highest BCUT2D eigenvalue weighted by atomic mass is 35.5. The molecular formula is C26H17Cl2F2N7. The van der Waals surface area contributed by atoms with E-state index in [-0.39, 0.29) is 16.4 Å². The second kappa shape index (κ2) is 10.0. The van der Waals surface area contributed by atoms with Gasteiger partial charge in [0.2, 0.25) is 0 Å². The summed E-state index contributed by atoms with van der Waals surface area (Å²) in [5.74, 6) is -0.346. The van der Waals surface area contributed by atoms with Gasteiger partial charge in [0.25, 0.3) is 0 Å². The van der Waals surface area contributed by atoms with Crippen LogP contribution in [-0.2, 0) is 7.05 Å². The summed E-state index contributed by atoms with van der Waals surface area (Å²) in [6, 6.07) is 15.2. The molecule has 0 spiro atoms. The zero-order valence-electron chi connectivity index (χ0n) is 19.2. The van der Waals surface area contributed by atoms with Crippen LogP contribution in [0.4, 0.5) is 25.8 Å². The molecular weight excluding hydrogens is 519 g/mol. The van der Waals surface area contributed by atoms with Crippen LogP contribution < -0.4 is 10.6 Å². The Balaban J connectivity index is 1.65. The van der Waals surface area contributed by atoms with Crippen LogP contribution in [0, 0.1) is 23.0 Å². The number of benzene rings is 3. The molecule has 2 N–H and O–H groups in total. The Morgan fingerprint density at radius 1 is 1.05 bits per heavy atom. The highest BCUT2D eigenvalue weighted by Gasteiger charge is 2.22. The van der Waals surface area contributed by atoms with Gasteiger partial charge in [-0.2, -0.15) is 5.26 Å². The molecule has 0 saturated carbocycles. The van der Waals surface area contributed by atoms with Crippen molar-refractivity contribution < 1.29 is 8.78 Å². The first-order valence-electron chi connectivity index (χ1n) is 10.9. The van der Waals surface area contributed by atoms with Crippen LogP contribution in [0.15, 0.2) is 67.1 Å². The molecule has 0 aliphatic rings. The van der Waals surface area contributed by atoms with Gasteiger partial charge in [0, 0.05) is 29.3 Å². The molecule has 184 valence electrons. The Bertz CT molecular complexity index is 1660. The van der Waals surface area contributed by atoms with Crippen molar-refractivity contribution in [2.75, 3.05) is 10.6 Å². The van der Waals surface area contributed by atoms with Gasteiger partial charge in [0.05, 0.1) is 27.5 Å². The van der Waals surface area contributed by atoms with Crippen LogP contribution in [0.5, 0.6) is 0 Å². The Morgan fingerprint density at radius 2 is 1.84 bits per heavy atom. The van der Waals surface area contributed by atoms with E-state index in [1.54, 1.807) is 42.2 Å². The normalized spacial score (nSPS) is 11.8. The van der Waals surface area contributed by atoms with E-state index in [9.17, 15) is 14.0 Å². The molecule has 0 aliphatic carbocycles. The van der Waals surface area contributed by atoms with Crippen molar-refractivity contribution >= 4 is 51.2 Å². The summed E-state index contributed by atoms with van der Waals surface area (Å²) < 4.78 is 29.1. The average molecular weight is 536 g/mol. The second-order valence-corrected chi connectivity index (χ2v) is 9.03. The van der Waals surface area contributed by atoms with Crippen molar-refractivity contribution in [1.82, 2.24) is 19.7 Å². The van der Waals surface area contributed by atoms with E-state index in [4.69, 9.17) is 23.2 Å². The highest BCUT2D eigenvalue weighted by molar-refractivity contribution is 6.32. The van der Waals surface area contributed by atoms with Crippen LogP contribution in [-0.4, -0.2) is 19.7 Å². The van der Waals surface area contributed by atoms with Crippen molar-refractivity contribution in [3.63, 3.8) is 0 Å². The van der Waals surface area contributed by atoms with Gasteiger partial charge < -0.3 is 15.2 Å². The van der Waals surface area contributed by atoms with E-state index in [1.807, 2.05) is 0 Å². The number of pyridine rings is 1. The number of fused-ring (bicyclic) bond motifs is 1. The fourth-order valence-corrected chi connectivity index (χ4v) is 4.38. The maximum atomic E-state index is 13.7. The number of aromatic nitrogens is 4. The van der Waals surface area contributed by atoms with Crippen LogP contribution >= 0.6 is 23.2 Å². The summed E-state index contributed by atoms with van der Waals surface area (Å²) in [4.78, 5) is 4.52. The molecule has 0 amide bonds. The van der Waals surface area contributed by atoms with Gasteiger partial charge in [-0.15, -0.1) is 10.2 Å². The monoisotopic (exact) mass is 535 g/mol. The molecule has 5 rings (SSSR count). The summed E-state index contributed by atoms with van der Waals surface area (Å²) in [6.07, 6.45) is 3.00. The quantitative estimate of drug-likeness (QED) is 0.249. The summed E-state index contributed by atoms with van der Waals surface area (Å²) >= 11 is 12.5. The Hall–Kier alpha value is -4.26. The van der Waals surface area contributed by atoms with Gasteiger partial charge in [-0.05, 0) is 48.0 Å². The number of nitrogens with one attached hydrogen (secondary N) is 2. The molecule has 5 aromatic rings. The van der Waals surface area contributed by atoms with E-state index < -0.39 is 11.9 Å². The number of hydrogen-bond donors (Lipinski definition) is 2. The second-order valence-electron chi connectivity index (χ2n) is 8.19. The van der Waals surface area contributed by atoms with Crippen molar-refractivity contribution in [3.8, 4) is 6.07 Å². The number of rotatable bonds is 6. The number of nitriles is 1. The summed E-state index contributed by atoms with van der Waals surface area (Å²) in [5, 5.41) is 25.4. The summed E-state index contributed by atoms with van der Waals surface area (Å²) in [6.45, 7) is 0. The minimum Gasteiger partial charge on any atom is -0.370 e. The first-order valence-corrected chi connectivity index (χ1v) is 11.7. The van der Waals surface area contributed by atoms with Gasteiger partial charge in [0.1, 0.15) is 30.1 Å². The van der Waals surface area contributed by atoms with Gasteiger partial charge in [-0.3, -0.25) is 4.98 Å². The number of aryl methyl sites for hydroxylation is 1. The van der Waals surface area contributed by atoms with Crippen LogP contribution in [0.25, 0.3) is 10.9 Å². The maximum absolute atomic E-state index is 13.7. The molecule has 0 bridgehead atoms. The van der Waals surface area contributed by atoms with Crippen molar-refractivity contribution in [2.24, 2.45) is 7.05 Å². The SMILES string of the molecule is Cn1cnnc1C(Nc1cc(Cl)cc2c(Nc3ccc(F)c(Cl)c3)c(C#N)cnc12)c1ccc(F)cc1. The topological polar surface area (TPSA) is 91.5 Å². The van der Waals surface area contributed by atoms with Crippen molar-refractivity contribution in [3.05, 3.63) is 106 Å². The minimum absolute atomic E-state index is 0.0620. The Kier molecular flexibility index (Phi) is 6.61. The van der Waals surface area contributed by atoms with Crippen molar-refractivity contribution in [2.45, 2.75) is 6.04 Å². The third kappa shape index (κ3) is 4.89. The average Bonchev–Trinajstić information content (AvgIpc) is 3.31. The summed E-state index contributed by atoms with van der Waals surface area (Å²) in [5.41, 5.74) is 2.95. The van der Waals surface area contributed by atoms with Crippen molar-refractivity contribution in [1.29, 1.82) is 5.26 Å². The molecule has 1 unspecified atom stereocenters. The third-order valence-corrected chi connectivity index (χ3v) is 6.26. The zero-order valence-corrected chi connectivity index (χ0v) is 20.7. The summed E-state index contributed by atoms with van der Waals surface area (Å²) in [7, 11) is 1.80. The lowest BCUT2D eigenvalue weighted by Gasteiger charge is -2.21. The molecule has 1 atom stereocenters. The fraction of sp³-hybridized carbons (Fsp3) is 0.0769. The lowest BCUT2D eigenvalue weighted by Crippen LogP contribution is -2.17.